The second-order valence-corrected chi connectivity index (χ2v) is 5.61. The van der Waals surface area contributed by atoms with E-state index in [2.05, 4.69) is 24.2 Å². The first-order valence-corrected chi connectivity index (χ1v) is 7.26. The molecule has 2 aliphatic rings. The number of hydrogen-bond donors (Lipinski definition) is 1. The van der Waals surface area contributed by atoms with Crippen LogP contribution in [-0.4, -0.2) is 37.1 Å². The molecule has 0 heterocycles. The monoisotopic (exact) mass is 224 g/mol. The largest absolute Gasteiger partial charge is 0.315 e. The Morgan fingerprint density at radius 2 is 1.81 bits per heavy atom. The summed E-state index contributed by atoms with van der Waals surface area (Å²) in [4.78, 5) is 2.69. The van der Waals surface area contributed by atoms with Gasteiger partial charge in [-0.1, -0.05) is 26.2 Å². The van der Waals surface area contributed by atoms with Gasteiger partial charge in [-0.3, -0.25) is 4.90 Å². The van der Waals surface area contributed by atoms with Crippen LogP contribution in [0.2, 0.25) is 0 Å². The van der Waals surface area contributed by atoms with E-state index < -0.39 is 0 Å². The average molecular weight is 224 g/mol. The van der Waals surface area contributed by atoms with Crippen molar-refractivity contribution < 1.29 is 0 Å². The van der Waals surface area contributed by atoms with E-state index in [0.29, 0.717) is 0 Å². The lowest BCUT2D eigenvalue weighted by molar-refractivity contribution is 0.188. The fourth-order valence-electron chi connectivity index (χ4n) is 3.24. The third-order valence-corrected chi connectivity index (χ3v) is 4.49. The maximum Gasteiger partial charge on any atom is 0.0220 e. The Hall–Kier alpha value is -0.0800. The molecule has 0 aromatic carbocycles. The zero-order valence-corrected chi connectivity index (χ0v) is 11.0. The first-order valence-electron chi connectivity index (χ1n) is 7.26. The van der Waals surface area contributed by atoms with Gasteiger partial charge in [0.15, 0.2) is 0 Å². The molecule has 0 bridgehead atoms. The van der Waals surface area contributed by atoms with Gasteiger partial charge in [0.1, 0.15) is 0 Å². The van der Waals surface area contributed by atoms with Crippen LogP contribution in [0.4, 0.5) is 0 Å². The summed E-state index contributed by atoms with van der Waals surface area (Å²) in [5, 5.41) is 3.58. The fraction of sp³-hybridized carbons (Fsp3) is 1.00. The number of nitrogens with zero attached hydrogens (tertiary/aromatic N) is 1. The number of nitrogens with one attached hydrogen (secondary N) is 1. The standard InChI is InChI=1S/C14H28N2/c1-3-16(13-9-10-13)11-14(15-2)12-7-5-4-6-8-12/h12-15H,3-11H2,1-2H3. The summed E-state index contributed by atoms with van der Waals surface area (Å²) in [6, 6.07) is 1.66. The normalized spacial score (nSPS) is 24.9. The smallest absolute Gasteiger partial charge is 0.0220 e. The molecule has 1 atom stereocenters. The highest BCUT2D eigenvalue weighted by atomic mass is 15.2. The van der Waals surface area contributed by atoms with Crippen molar-refractivity contribution in [3.8, 4) is 0 Å². The Balaban J connectivity index is 1.82. The van der Waals surface area contributed by atoms with Crippen molar-refractivity contribution in [2.75, 3.05) is 20.1 Å². The summed E-state index contributed by atoms with van der Waals surface area (Å²) in [7, 11) is 2.15. The Kier molecular flexibility index (Phi) is 4.66. The highest BCUT2D eigenvalue weighted by molar-refractivity contribution is 4.88. The van der Waals surface area contributed by atoms with E-state index in [-0.39, 0.29) is 0 Å². The maximum atomic E-state index is 3.58. The molecule has 0 aromatic rings. The summed E-state index contributed by atoms with van der Waals surface area (Å²) in [6.07, 6.45) is 10.2. The predicted molar refractivity (Wildman–Crippen MR) is 69.7 cm³/mol. The van der Waals surface area contributed by atoms with Crippen LogP contribution in [0.3, 0.4) is 0 Å². The van der Waals surface area contributed by atoms with Crippen LogP contribution in [0.5, 0.6) is 0 Å². The van der Waals surface area contributed by atoms with E-state index in [1.165, 1.54) is 58.0 Å². The number of likely N-dealkylation sites (N-methyl/N-ethyl adjacent to an activating group) is 2. The second kappa shape index (κ2) is 6.02. The highest BCUT2D eigenvalue weighted by Crippen LogP contribution is 2.30. The summed E-state index contributed by atoms with van der Waals surface area (Å²) < 4.78 is 0. The molecule has 94 valence electrons. The molecule has 2 rings (SSSR count). The van der Waals surface area contributed by atoms with Gasteiger partial charge < -0.3 is 5.32 Å². The zero-order valence-electron chi connectivity index (χ0n) is 11.0. The van der Waals surface area contributed by atoms with Crippen LogP contribution in [0, 0.1) is 5.92 Å². The van der Waals surface area contributed by atoms with Gasteiger partial charge in [-0.15, -0.1) is 0 Å². The van der Waals surface area contributed by atoms with Crippen molar-refractivity contribution in [3.63, 3.8) is 0 Å². The molecule has 2 saturated carbocycles. The van der Waals surface area contributed by atoms with E-state index in [0.717, 1.165) is 18.0 Å². The fourth-order valence-corrected chi connectivity index (χ4v) is 3.24. The summed E-state index contributed by atoms with van der Waals surface area (Å²) in [5.41, 5.74) is 0. The van der Waals surface area contributed by atoms with Crippen molar-refractivity contribution in [2.24, 2.45) is 5.92 Å². The van der Waals surface area contributed by atoms with Gasteiger partial charge in [0.25, 0.3) is 0 Å². The third kappa shape index (κ3) is 3.21. The van der Waals surface area contributed by atoms with Crippen LogP contribution < -0.4 is 5.32 Å². The highest BCUT2D eigenvalue weighted by Gasteiger charge is 2.31. The lowest BCUT2D eigenvalue weighted by Crippen LogP contribution is -2.45. The van der Waals surface area contributed by atoms with Gasteiger partial charge in [-0.25, -0.2) is 0 Å². The van der Waals surface area contributed by atoms with Gasteiger partial charge in [-0.05, 0) is 45.2 Å². The van der Waals surface area contributed by atoms with Gasteiger partial charge >= 0.3 is 0 Å². The molecule has 2 heteroatoms. The van der Waals surface area contributed by atoms with Crippen molar-refractivity contribution in [2.45, 2.75) is 64.0 Å². The van der Waals surface area contributed by atoms with Crippen LogP contribution >= 0.6 is 0 Å². The quantitative estimate of drug-likeness (QED) is 0.746. The Labute approximate surface area is 101 Å². The molecule has 0 aliphatic heterocycles. The van der Waals surface area contributed by atoms with Crippen molar-refractivity contribution in [1.29, 1.82) is 0 Å². The van der Waals surface area contributed by atoms with E-state index >= 15 is 0 Å². The van der Waals surface area contributed by atoms with Gasteiger partial charge in [0, 0.05) is 18.6 Å². The lowest BCUT2D eigenvalue weighted by Gasteiger charge is -2.34. The molecule has 0 amide bonds. The van der Waals surface area contributed by atoms with E-state index in [9.17, 15) is 0 Å². The molecule has 1 N–H and O–H groups in total. The minimum absolute atomic E-state index is 0.737. The molecule has 2 nitrogen and oxygen atoms in total. The molecular weight excluding hydrogens is 196 g/mol. The number of hydrogen-bond acceptors (Lipinski definition) is 2. The molecule has 0 spiro atoms. The molecule has 2 fully saturated rings. The molecule has 0 radical (unpaired) electrons. The molecule has 16 heavy (non-hydrogen) atoms. The van der Waals surface area contributed by atoms with Gasteiger partial charge in [-0.2, -0.15) is 0 Å². The summed E-state index contributed by atoms with van der Waals surface area (Å²) in [5.74, 6) is 0.937. The Bertz CT molecular complexity index is 195. The first kappa shape index (κ1) is 12.4. The minimum Gasteiger partial charge on any atom is -0.315 e. The Morgan fingerprint density at radius 1 is 1.12 bits per heavy atom. The maximum absolute atomic E-state index is 3.58. The van der Waals surface area contributed by atoms with Gasteiger partial charge in [0.2, 0.25) is 0 Å². The number of rotatable bonds is 6. The lowest BCUT2D eigenvalue weighted by atomic mass is 9.83. The van der Waals surface area contributed by atoms with Crippen LogP contribution in [0.1, 0.15) is 51.9 Å². The first-order chi connectivity index (χ1) is 7.85. The van der Waals surface area contributed by atoms with Crippen molar-refractivity contribution in [1.82, 2.24) is 10.2 Å². The predicted octanol–water partition coefficient (Wildman–Crippen LogP) is 2.64. The van der Waals surface area contributed by atoms with Crippen molar-refractivity contribution in [3.05, 3.63) is 0 Å². The summed E-state index contributed by atoms with van der Waals surface area (Å²) >= 11 is 0. The van der Waals surface area contributed by atoms with Crippen LogP contribution in [0.15, 0.2) is 0 Å². The molecule has 2 aliphatic carbocycles. The van der Waals surface area contributed by atoms with Crippen molar-refractivity contribution >= 4 is 0 Å². The van der Waals surface area contributed by atoms with E-state index in [4.69, 9.17) is 0 Å². The second-order valence-electron chi connectivity index (χ2n) is 5.61. The molecule has 0 saturated heterocycles. The molecule has 0 aromatic heterocycles. The van der Waals surface area contributed by atoms with E-state index in [1.54, 1.807) is 0 Å². The SMILES string of the molecule is CCN(CC(NC)C1CCCCC1)C1CC1. The van der Waals surface area contributed by atoms with Crippen LogP contribution in [0.25, 0.3) is 0 Å². The average Bonchev–Trinajstić information content (AvgIpc) is 3.16. The van der Waals surface area contributed by atoms with Crippen LogP contribution in [-0.2, 0) is 0 Å². The molecular formula is C14H28N2. The minimum atomic E-state index is 0.737. The summed E-state index contributed by atoms with van der Waals surface area (Å²) in [6.45, 7) is 4.82. The topological polar surface area (TPSA) is 15.3 Å². The van der Waals surface area contributed by atoms with Gasteiger partial charge in [0.05, 0.1) is 0 Å². The Morgan fingerprint density at radius 3 is 2.31 bits per heavy atom. The zero-order chi connectivity index (χ0) is 11.4. The third-order valence-electron chi connectivity index (χ3n) is 4.49. The molecule has 1 unspecified atom stereocenters. The van der Waals surface area contributed by atoms with E-state index in [1.807, 2.05) is 0 Å².